The van der Waals surface area contributed by atoms with Crippen molar-refractivity contribution in [2.45, 2.75) is 61.7 Å². The molecule has 1 saturated carbocycles. The van der Waals surface area contributed by atoms with Gasteiger partial charge in [-0.15, -0.1) is 0 Å². The van der Waals surface area contributed by atoms with E-state index >= 15 is 0 Å². The lowest BCUT2D eigenvalue weighted by Crippen LogP contribution is -2.51. The Bertz CT molecular complexity index is 1100. The molecular weight excluding hydrogens is 499 g/mol. The zero-order valence-electron chi connectivity index (χ0n) is 20.8. The average Bonchev–Trinajstić information content (AvgIpc) is 3.58. The van der Waals surface area contributed by atoms with Crippen LogP contribution in [0, 0.1) is 11.7 Å². The number of hydrogen-bond donors (Lipinski definition) is 2. The highest BCUT2D eigenvalue weighted by molar-refractivity contribution is 7.89. The van der Waals surface area contributed by atoms with Gasteiger partial charge in [0.2, 0.25) is 10.0 Å². The average molecular weight is 535 g/mol. The van der Waals surface area contributed by atoms with Crippen LogP contribution in [0.5, 0.6) is 0 Å². The zero-order valence-corrected chi connectivity index (χ0v) is 21.6. The number of halogens is 1. The van der Waals surface area contributed by atoms with E-state index < -0.39 is 34.1 Å². The van der Waals surface area contributed by atoms with Crippen LogP contribution in [0.2, 0.25) is 0 Å². The number of nitrogens with one attached hydrogen (secondary N) is 1. The molecule has 1 aliphatic carbocycles. The van der Waals surface area contributed by atoms with Gasteiger partial charge in [0.15, 0.2) is 0 Å². The van der Waals surface area contributed by atoms with Crippen LogP contribution in [-0.2, 0) is 25.9 Å². The van der Waals surface area contributed by atoms with Crippen LogP contribution in [-0.4, -0.2) is 68.5 Å². The maximum Gasteiger partial charge on any atom is 0.407 e. The van der Waals surface area contributed by atoms with E-state index in [9.17, 15) is 22.7 Å². The Morgan fingerprint density at radius 1 is 1.11 bits per heavy atom. The van der Waals surface area contributed by atoms with Crippen LogP contribution >= 0.6 is 0 Å². The number of amides is 1. The van der Waals surface area contributed by atoms with E-state index in [1.165, 1.54) is 16.4 Å². The van der Waals surface area contributed by atoms with Crippen molar-refractivity contribution in [1.29, 1.82) is 0 Å². The smallest absolute Gasteiger partial charge is 0.407 e. The third-order valence-corrected chi connectivity index (χ3v) is 8.85. The molecule has 1 heterocycles. The minimum atomic E-state index is -4.01. The number of carbonyl (C=O) groups excluding carboxylic acids is 1. The van der Waals surface area contributed by atoms with Crippen LogP contribution in [0.25, 0.3) is 0 Å². The molecule has 3 atom stereocenters. The molecule has 1 saturated heterocycles. The summed E-state index contributed by atoms with van der Waals surface area (Å²) in [5.41, 5.74) is 0.875. The van der Waals surface area contributed by atoms with Gasteiger partial charge in [0.05, 0.1) is 30.3 Å². The molecule has 4 rings (SSSR count). The molecular formula is C27H35FN2O6S. The van der Waals surface area contributed by atoms with Crippen molar-refractivity contribution in [3.05, 3.63) is 66.0 Å². The molecule has 37 heavy (non-hydrogen) atoms. The lowest BCUT2D eigenvalue weighted by atomic mass is 10.0. The van der Waals surface area contributed by atoms with Crippen LogP contribution < -0.4 is 5.32 Å². The Morgan fingerprint density at radius 3 is 2.46 bits per heavy atom. The molecule has 2 N–H and O–H groups in total. The first-order valence-electron chi connectivity index (χ1n) is 12.8. The molecule has 0 spiro atoms. The summed E-state index contributed by atoms with van der Waals surface area (Å²) in [7, 11) is -4.01. The van der Waals surface area contributed by atoms with Gasteiger partial charge in [-0.2, -0.15) is 4.31 Å². The molecule has 0 radical (unpaired) electrons. The molecule has 0 bridgehead atoms. The molecule has 2 aromatic carbocycles. The molecule has 8 nitrogen and oxygen atoms in total. The summed E-state index contributed by atoms with van der Waals surface area (Å²) in [5, 5.41) is 14.1. The predicted molar refractivity (Wildman–Crippen MR) is 136 cm³/mol. The van der Waals surface area contributed by atoms with Gasteiger partial charge in [0.1, 0.15) is 11.9 Å². The van der Waals surface area contributed by atoms with Crippen molar-refractivity contribution in [3.8, 4) is 0 Å². The fourth-order valence-electron chi connectivity index (χ4n) is 4.94. The highest BCUT2D eigenvalue weighted by atomic mass is 32.2. The van der Waals surface area contributed by atoms with Gasteiger partial charge in [-0.05, 0) is 55.0 Å². The Balaban J connectivity index is 1.53. The van der Waals surface area contributed by atoms with Gasteiger partial charge in [-0.3, -0.25) is 0 Å². The maximum absolute atomic E-state index is 13.6. The number of aliphatic hydroxyl groups excluding tert-OH is 1. The number of hydrogen-bond acceptors (Lipinski definition) is 6. The number of rotatable bonds is 11. The number of ether oxygens (including phenoxy) is 2. The van der Waals surface area contributed by atoms with Crippen molar-refractivity contribution in [1.82, 2.24) is 9.62 Å². The predicted octanol–water partition coefficient (Wildman–Crippen LogP) is 3.49. The van der Waals surface area contributed by atoms with E-state index in [4.69, 9.17) is 9.47 Å². The maximum atomic E-state index is 13.6. The summed E-state index contributed by atoms with van der Waals surface area (Å²) >= 11 is 0. The molecule has 2 aromatic rings. The summed E-state index contributed by atoms with van der Waals surface area (Å²) < 4.78 is 52.6. The number of nitrogens with zero attached hydrogens (tertiary/aromatic N) is 1. The summed E-state index contributed by atoms with van der Waals surface area (Å²) in [6.07, 6.45) is 2.52. The monoisotopic (exact) mass is 534 g/mol. The van der Waals surface area contributed by atoms with Gasteiger partial charge in [-0.1, -0.05) is 43.2 Å². The second-order valence-electron chi connectivity index (χ2n) is 9.83. The van der Waals surface area contributed by atoms with Crippen molar-refractivity contribution < 1.29 is 32.2 Å². The largest absolute Gasteiger partial charge is 0.444 e. The van der Waals surface area contributed by atoms with Gasteiger partial charge >= 0.3 is 6.09 Å². The van der Waals surface area contributed by atoms with Gasteiger partial charge in [-0.25, -0.2) is 17.6 Å². The lowest BCUT2D eigenvalue weighted by Gasteiger charge is -2.31. The summed E-state index contributed by atoms with van der Waals surface area (Å²) in [5.74, 6) is -0.352. The molecule has 10 heteroatoms. The lowest BCUT2D eigenvalue weighted by molar-refractivity contribution is 0.0641. The third-order valence-electron chi connectivity index (χ3n) is 7.01. The van der Waals surface area contributed by atoms with E-state index in [2.05, 4.69) is 5.32 Å². The Hall–Kier alpha value is -2.53. The second kappa shape index (κ2) is 12.8. The first-order chi connectivity index (χ1) is 17.8. The van der Waals surface area contributed by atoms with E-state index in [0.29, 0.717) is 19.6 Å². The molecule has 2 fully saturated rings. The third kappa shape index (κ3) is 7.73. The summed E-state index contributed by atoms with van der Waals surface area (Å²) in [6.45, 7) is 0.870. The number of carbonyl (C=O) groups is 1. The van der Waals surface area contributed by atoms with E-state index in [0.717, 1.165) is 43.4 Å². The van der Waals surface area contributed by atoms with Gasteiger partial charge in [0.25, 0.3) is 0 Å². The van der Waals surface area contributed by atoms with Crippen LogP contribution in [0.3, 0.4) is 0 Å². The highest BCUT2D eigenvalue weighted by Gasteiger charge is 2.33. The fourth-order valence-corrected chi connectivity index (χ4v) is 6.47. The standard InChI is InChI=1S/C27H35FN2O6S/c28-22-10-12-24(13-11-22)37(33,34)30(17-21-8-4-5-9-21)18-26(31)25(16-20-6-2-1-3-7-20)29-27(32)36-23-14-15-35-19-23/h1-3,6-7,10-13,21,23,25-26,31H,4-5,8-9,14-19H2,(H,29,32)/t23-,25?,26-/m0/s1. The number of aliphatic hydroxyl groups is 1. The quantitative estimate of drug-likeness (QED) is 0.457. The molecule has 1 amide bonds. The molecule has 0 aromatic heterocycles. The molecule has 1 unspecified atom stereocenters. The first-order valence-corrected chi connectivity index (χ1v) is 14.3. The number of sulfonamides is 1. The summed E-state index contributed by atoms with van der Waals surface area (Å²) in [4.78, 5) is 12.6. The first kappa shape index (κ1) is 27.5. The van der Waals surface area contributed by atoms with Crippen LogP contribution in [0.4, 0.5) is 9.18 Å². The SMILES string of the molecule is O=C(NC(Cc1ccccc1)[C@@H](O)CN(CC1CCCC1)S(=O)(=O)c1ccc(F)cc1)O[C@H]1CCOC1. The topological polar surface area (TPSA) is 105 Å². The minimum absolute atomic E-state index is 0.0349. The van der Waals surface area contributed by atoms with E-state index in [-0.39, 0.29) is 36.4 Å². The summed E-state index contributed by atoms with van der Waals surface area (Å²) in [6, 6.07) is 13.2. The normalized spacial score (nSPS) is 20.1. The molecule has 202 valence electrons. The molecule has 1 aliphatic heterocycles. The Labute approximate surface area is 217 Å². The van der Waals surface area contributed by atoms with Crippen LogP contribution in [0.15, 0.2) is 59.5 Å². The zero-order chi connectivity index (χ0) is 26.3. The van der Waals surface area contributed by atoms with Crippen LogP contribution in [0.1, 0.15) is 37.7 Å². The van der Waals surface area contributed by atoms with E-state index in [1.54, 1.807) is 0 Å². The number of alkyl carbamates (subject to hydrolysis) is 1. The van der Waals surface area contributed by atoms with Crippen molar-refractivity contribution in [3.63, 3.8) is 0 Å². The minimum Gasteiger partial charge on any atom is -0.444 e. The second-order valence-corrected chi connectivity index (χ2v) is 11.8. The highest BCUT2D eigenvalue weighted by Crippen LogP contribution is 2.28. The van der Waals surface area contributed by atoms with E-state index in [1.807, 2.05) is 30.3 Å². The Kier molecular flexibility index (Phi) is 9.53. The molecule has 2 aliphatic rings. The van der Waals surface area contributed by atoms with Gasteiger partial charge in [0, 0.05) is 19.5 Å². The van der Waals surface area contributed by atoms with Gasteiger partial charge < -0.3 is 19.9 Å². The number of benzene rings is 2. The van der Waals surface area contributed by atoms with Crippen molar-refractivity contribution >= 4 is 16.1 Å². The van der Waals surface area contributed by atoms with Crippen molar-refractivity contribution in [2.75, 3.05) is 26.3 Å². The van der Waals surface area contributed by atoms with Crippen molar-refractivity contribution in [2.24, 2.45) is 5.92 Å². The Morgan fingerprint density at radius 2 is 1.81 bits per heavy atom. The fraction of sp³-hybridized carbons (Fsp3) is 0.519.